The van der Waals surface area contributed by atoms with Crippen molar-refractivity contribution in [3.05, 3.63) is 16.5 Å². The van der Waals surface area contributed by atoms with Gasteiger partial charge in [0, 0.05) is 4.88 Å². The average molecular weight is 256 g/mol. The van der Waals surface area contributed by atoms with Crippen LogP contribution in [0.25, 0.3) is 0 Å². The number of carbonyl (C=O) groups is 2. The second-order valence-electron chi connectivity index (χ2n) is 3.28. The second-order valence-corrected chi connectivity index (χ2v) is 4.42. The number of ether oxygens (including phenoxy) is 1. The summed E-state index contributed by atoms with van der Waals surface area (Å²) in [7, 11) is 0. The van der Waals surface area contributed by atoms with E-state index in [0.29, 0.717) is 17.2 Å². The van der Waals surface area contributed by atoms with Gasteiger partial charge in [-0.25, -0.2) is 4.79 Å². The van der Waals surface area contributed by atoms with Gasteiger partial charge in [0.05, 0.1) is 18.7 Å². The first-order chi connectivity index (χ1) is 8.12. The van der Waals surface area contributed by atoms with E-state index in [0.717, 1.165) is 11.3 Å². The van der Waals surface area contributed by atoms with Crippen LogP contribution < -0.4 is 11.1 Å². The third-order valence-electron chi connectivity index (χ3n) is 2.07. The summed E-state index contributed by atoms with van der Waals surface area (Å²) < 4.78 is 4.93. The molecule has 0 atom stereocenters. The van der Waals surface area contributed by atoms with Gasteiger partial charge < -0.3 is 15.8 Å². The third kappa shape index (κ3) is 3.54. The van der Waals surface area contributed by atoms with Gasteiger partial charge in [-0.15, -0.1) is 11.3 Å². The third-order valence-corrected chi connectivity index (χ3v) is 3.26. The molecular weight excluding hydrogens is 240 g/mol. The van der Waals surface area contributed by atoms with Crippen LogP contribution >= 0.6 is 11.3 Å². The normalized spacial score (nSPS) is 10.1. The Labute approximate surface area is 104 Å². The number of aryl methyl sites for hydroxylation is 1. The van der Waals surface area contributed by atoms with Crippen LogP contribution in [0.3, 0.4) is 0 Å². The maximum Gasteiger partial charge on any atom is 0.341 e. The van der Waals surface area contributed by atoms with E-state index in [4.69, 9.17) is 10.5 Å². The summed E-state index contributed by atoms with van der Waals surface area (Å²) >= 11 is 1.37. The number of anilines is 1. The SMILES string of the molecule is CCOC(=O)c1cc(CC)sc1NC(=O)CN. The van der Waals surface area contributed by atoms with Crippen molar-refractivity contribution in [1.82, 2.24) is 0 Å². The molecule has 0 spiro atoms. The minimum Gasteiger partial charge on any atom is -0.462 e. The lowest BCUT2D eigenvalue weighted by atomic mass is 10.2. The fourth-order valence-electron chi connectivity index (χ4n) is 1.25. The molecule has 0 unspecified atom stereocenters. The number of nitrogens with two attached hydrogens (primary N) is 1. The highest BCUT2D eigenvalue weighted by molar-refractivity contribution is 7.16. The van der Waals surface area contributed by atoms with Crippen molar-refractivity contribution in [2.45, 2.75) is 20.3 Å². The van der Waals surface area contributed by atoms with Crippen LogP contribution in [0.1, 0.15) is 29.1 Å². The molecule has 1 rings (SSSR count). The average Bonchev–Trinajstić information content (AvgIpc) is 2.72. The lowest BCUT2D eigenvalue weighted by Gasteiger charge is -2.04. The molecule has 5 nitrogen and oxygen atoms in total. The van der Waals surface area contributed by atoms with Gasteiger partial charge in [-0.3, -0.25) is 4.79 Å². The maximum atomic E-state index is 11.7. The molecule has 0 saturated carbocycles. The molecule has 1 heterocycles. The predicted molar refractivity (Wildman–Crippen MR) is 67.3 cm³/mol. The highest BCUT2D eigenvalue weighted by atomic mass is 32.1. The summed E-state index contributed by atoms with van der Waals surface area (Å²) in [5.41, 5.74) is 5.62. The number of hydrogen-bond acceptors (Lipinski definition) is 5. The minimum absolute atomic E-state index is 0.110. The van der Waals surface area contributed by atoms with Crippen LogP contribution in [-0.4, -0.2) is 25.0 Å². The molecule has 0 aliphatic carbocycles. The van der Waals surface area contributed by atoms with Crippen LogP contribution in [0.4, 0.5) is 5.00 Å². The number of hydrogen-bond donors (Lipinski definition) is 2. The molecule has 0 fully saturated rings. The van der Waals surface area contributed by atoms with Crippen molar-refractivity contribution < 1.29 is 14.3 Å². The maximum absolute atomic E-state index is 11.7. The Balaban J connectivity index is 2.96. The first kappa shape index (κ1) is 13.7. The monoisotopic (exact) mass is 256 g/mol. The topological polar surface area (TPSA) is 81.4 Å². The fourth-order valence-corrected chi connectivity index (χ4v) is 2.25. The number of amides is 1. The zero-order valence-corrected chi connectivity index (χ0v) is 10.7. The molecule has 0 aromatic carbocycles. The molecule has 1 amide bonds. The highest BCUT2D eigenvalue weighted by Gasteiger charge is 2.17. The van der Waals surface area contributed by atoms with Crippen molar-refractivity contribution in [2.24, 2.45) is 5.73 Å². The Kier molecular flexibility index (Phi) is 5.11. The molecule has 0 bridgehead atoms. The van der Waals surface area contributed by atoms with Crippen LogP contribution in [0.5, 0.6) is 0 Å². The Morgan fingerprint density at radius 1 is 1.47 bits per heavy atom. The molecular formula is C11H16N2O3S. The van der Waals surface area contributed by atoms with Gasteiger partial charge in [-0.05, 0) is 19.4 Å². The molecule has 6 heteroatoms. The summed E-state index contributed by atoms with van der Waals surface area (Å²) in [5, 5.41) is 3.12. The van der Waals surface area contributed by atoms with Crippen LogP contribution in [0.2, 0.25) is 0 Å². The van der Waals surface area contributed by atoms with Crippen molar-refractivity contribution in [3.8, 4) is 0 Å². The van der Waals surface area contributed by atoms with Gasteiger partial charge in [-0.1, -0.05) is 6.92 Å². The smallest absolute Gasteiger partial charge is 0.341 e. The van der Waals surface area contributed by atoms with Crippen LogP contribution in [0.15, 0.2) is 6.07 Å². The first-order valence-corrected chi connectivity index (χ1v) is 6.23. The summed E-state index contributed by atoms with van der Waals surface area (Å²) in [4.78, 5) is 23.9. The Morgan fingerprint density at radius 2 is 2.18 bits per heavy atom. The molecule has 17 heavy (non-hydrogen) atoms. The number of carbonyl (C=O) groups excluding carboxylic acids is 2. The van der Waals surface area contributed by atoms with Gasteiger partial charge >= 0.3 is 5.97 Å². The van der Waals surface area contributed by atoms with E-state index >= 15 is 0 Å². The van der Waals surface area contributed by atoms with E-state index in [1.165, 1.54) is 11.3 Å². The summed E-state index contributed by atoms with van der Waals surface area (Å²) in [6, 6.07) is 1.74. The summed E-state index contributed by atoms with van der Waals surface area (Å²) in [6.45, 7) is 3.92. The lowest BCUT2D eigenvalue weighted by molar-refractivity contribution is -0.114. The Hall–Kier alpha value is -1.40. The molecule has 3 N–H and O–H groups in total. The number of rotatable bonds is 5. The molecule has 94 valence electrons. The fraction of sp³-hybridized carbons (Fsp3) is 0.455. The van der Waals surface area contributed by atoms with E-state index in [9.17, 15) is 9.59 Å². The standard InChI is InChI=1S/C11H16N2O3S/c1-3-7-5-8(11(15)16-4-2)10(17-7)13-9(14)6-12/h5H,3-4,6,12H2,1-2H3,(H,13,14). The summed E-state index contributed by atoms with van der Waals surface area (Å²) in [5.74, 6) is -0.740. The number of esters is 1. The van der Waals surface area contributed by atoms with E-state index in [1.54, 1.807) is 13.0 Å². The van der Waals surface area contributed by atoms with E-state index in [-0.39, 0.29) is 12.5 Å². The first-order valence-electron chi connectivity index (χ1n) is 5.42. The Morgan fingerprint density at radius 3 is 2.71 bits per heavy atom. The number of nitrogens with one attached hydrogen (secondary N) is 1. The second kappa shape index (κ2) is 6.36. The number of thiophene rings is 1. The Bertz CT molecular complexity index is 415. The van der Waals surface area contributed by atoms with Crippen molar-refractivity contribution in [3.63, 3.8) is 0 Å². The molecule has 0 saturated heterocycles. The molecule has 0 radical (unpaired) electrons. The highest BCUT2D eigenvalue weighted by Crippen LogP contribution is 2.29. The lowest BCUT2D eigenvalue weighted by Crippen LogP contribution is -2.22. The van der Waals surface area contributed by atoms with Crippen molar-refractivity contribution in [2.75, 3.05) is 18.5 Å². The van der Waals surface area contributed by atoms with Crippen LogP contribution in [-0.2, 0) is 16.0 Å². The van der Waals surface area contributed by atoms with E-state index in [1.807, 2.05) is 6.92 Å². The molecule has 1 aromatic rings. The van der Waals surface area contributed by atoms with Crippen molar-refractivity contribution >= 4 is 28.2 Å². The van der Waals surface area contributed by atoms with Gasteiger partial charge in [0.25, 0.3) is 0 Å². The zero-order valence-electron chi connectivity index (χ0n) is 9.91. The molecule has 0 aliphatic heterocycles. The molecule has 0 aliphatic rings. The van der Waals surface area contributed by atoms with Crippen molar-refractivity contribution in [1.29, 1.82) is 0 Å². The summed E-state index contributed by atoms with van der Waals surface area (Å²) in [6.07, 6.45) is 0.801. The zero-order chi connectivity index (χ0) is 12.8. The largest absolute Gasteiger partial charge is 0.462 e. The van der Waals surface area contributed by atoms with E-state index < -0.39 is 5.97 Å². The molecule has 1 aromatic heterocycles. The van der Waals surface area contributed by atoms with Gasteiger partial charge in [0.2, 0.25) is 5.91 Å². The van der Waals surface area contributed by atoms with Gasteiger partial charge in [-0.2, -0.15) is 0 Å². The predicted octanol–water partition coefficient (Wildman–Crippen LogP) is 1.38. The minimum atomic E-state index is -0.421. The van der Waals surface area contributed by atoms with Gasteiger partial charge in [0.1, 0.15) is 5.00 Å². The van der Waals surface area contributed by atoms with Crippen LogP contribution in [0, 0.1) is 0 Å². The van der Waals surface area contributed by atoms with Gasteiger partial charge in [0.15, 0.2) is 0 Å². The van der Waals surface area contributed by atoms with E-state index in [2.05, 4.69) is 5.32 Å². The quantitative estimate of drug-likeness (QED) is 0.780.